The molecule has 0 spiro atoms. The number of aliphatic hydroxyl groups is 1. The van der Waals surface area contributed by atoms with E-state index >= 15 is 0 Å². The summed E-state index contributed by atoms with van der Waals surface area (Å²) in [5.41, 5.74) is 7.71. The second kappa shape index (κ2) is 11.1. The minimum absolute atomic E-state index is 0.0188. The third kappa shape index (κ3) is 4.45. The van der Waals surface area contributed by atoms with Crippen LogP contribution in [0.15, 0.2) is 29.8 Å². The normalized spacial score (nSPS) is 35.0. The van der Waals surface area contributed by atoms with Crippen LogP contribution >= 0.6 is 0 Å². The first-order valence-electron chi connectivity index (χ1n) is 18.8. The summed E-state index contributed by atoms with van der Waals surface area (Å²) in [5.74, 6) is 2.20. The van der Waals surface area contributed by atoms with Gasteiger partial charge in [0.25, 0.3) is 0 Å². The molecule has 47 heavy (non-hydrogen) atoms. The van der Waals surface area contributed by atoms with Crippen molar-refractivity contribution in [2.45, 2.75) is 148 Å². The molecule has 7 rings (SSSR count). The van der Waals surface area contributed by atoms with Crippen molar-refractivity contribution in [3.8, 4) is 0 Å². The summed E-state index contributed by atoms with van der Waals surface area (Å²) >= 11 is 0. The van der Waals surface area contributed by atoms with Crippen LogP contribution in [-0.4, -0.2) is 43.1 Å². The number of allylic oxidation sites excluding steroid dienone is 2. The molecule has 8 atom stereocenters. The molecule has 2 unspecified atom stereocenters. The van der Waals surface area contributed by atoms with Crippen LogP contribution in [0, 0.1) is 29.1 Å². The van der Waals surface area contributed by atoms with Gasteiger partial charge in [0, 0.05) is 48.0 Å². The molecule has 1 aliphatic heterocycles. The molecule has 5 aliphatic rings. The molecule has 1 aromatic carbocycles. The maximum atomic E-state index is 12.6. The summed E-state index contributed by atoms with van der Waals surface area (Å²) in [6.07, 6.45) is 7.64. The van der Waals surface area contributed by atoms with E-state index in [0.29, 0.717) is 46.7 Å². The molecule has 0 saturated heterocycles. The molecule has 5 nitrogen and oxygen atoms in total. The molecular weight excluding hydrogens is 599 g/mol. The van der Waals surface area contributed by atoms with E-state index in [1.54, 1.807) is 0 Å². The van der Waals surface area contributed by atoms with Crippen LogP contribution in [0.3, 0.4) is 0 Å². The second-order valence-electron chi connectivity index (χ2n) is 18.2. The van der Waals surface area contributed by atoms with Gasteiger partial charge < -0.3 is 18.8 Å². The lowest BCUT2D eigenvalue weighted by Gasteiger charge is -2.57. The van der Waals surface area contributed by atoms with Gasteiger partial charge in [0.1, 0.15) is 6.23 Å². The van der Waals surface area contributed by atoms with E-state index in [9.17, 15) is 9.90 Å². The number of nitrogens with zero attached hydrogens (tertiary/aromatic N) is 1. The third-order valence-electron chi connectivity index (χ3n) is 15.1. The van der Waals surface area contributed by atoms with Crippen LogP contribution in [0.25, 0.3) is 10.9 Å². The van der Waals surface area contributed by atoms with Crippen molar-refractivity contribution in [2.75, 3.05) is 13.7 Å². The Bertz CT molecular complexity index is 1590. The average molecular weight is 660 g/mol. The van der Waals surface area contributed by atoms with E-state index < -0.39 is 13.9 Å². The highest BCUT2D eigenvalue weighted by atomic mass is 28.4. The van der Waals surface area contributed by atoms with Crippen LogP contribution in [-0.2, 0) is 25.8 Å². The minimum Gasteiger partial charge on any atom is -0.416 e. The number of rotatable bonds is 8. The number of ether oxygens (including phenoxy) is 1. The zero-order chi connectivity index (χ0) is 34.0. The fraction of sp³-hybridized carbons (Fsp3) is 0.732. The van der Waals surface area contributed by atoms with E-state index in [0.717, 1.165) is 38.7 Å². The van der Waals surface area contributed by atoms with Gasteiger partial charge in [-0.1, -0.05) is 67.0 Å². The first-order chi connectivity index (χ1) is 22.0. The Kier molecular flexibility index (Phi) is 8.00. The number of fused-ring (bicyclic) bond motifs is 11. The summed E-state index contributed by atoms with van der Waals surface area (Å²) in [4.78, 5) is 12.6. The lowest BCUT2D eigenvalue weighted by atomic mass is 9.48. The first kappa shape index (κ1) is 33.7. The molecule has 0 bridgehead atoms. The van der Waals surface area contributed by atoms with Crippen LogP contribution in [0.2, 0.25) is 16.6 Å². The Balaban J connectivity index is 1.34. The smallest absolute Gasteiger partial charge is 0.200 e. The average Bonchev–Trinajstić information content (AvgIpc) is 3.46. The fourth-order valence-electron chi connectivity index (χ4n) is 12.6. The van der Waals surface area contributed by atoms with E-state index in [-0.39, 0.29) is 28.8 Å². The summed E-state index contributed by atoms with van der Waals surface area (Å²) in [6, 6.07) is 7.32. The van der Waals surface area contributed by atoms with E-state index in [4.69, 9.17) is 9.16 Å². The lowest BCUT2D eigenvalue weighted by Crippen LogP contribution is -2.54. The Morgan fingerprint density at radius 1 is 1.06 bits per heavy atom. The zero-order valence-corrected chi connectivity index (χ0v) is 32.1. The molecule has 1 aromatic heterocycles. The van der Waals surface area contributed by atoms with Gasteiger partial charge in [-0.3, -0.25) is 4.79 Å². The van der Waals surface area contributed by atoms with Crippen molar-refractivity contribution >= 4 is 25.0 Å². The van der Waals surface area contributed by atoms with Crippen LogP contribution in [0.4, 0.5) is 0 Å². The highest BCUT2D eigenvalue weighted by Crippen LogP contribution is 2.68. The monoisotopic (exact) mass is 659 g/mol. The zero-order valence-electron chi connectivity index (χ0n) is 31.1. The quantitative estimate of drug-likeness (QED) is 0.287. The van der Waals surface area contributed by atoms with Gasteiger partial charge in [-0.25, -0.2) is 0 Å². The molecule has 2 saturated carbocycles. The van der Waals surface area contributed by atoms with Crippen molar-refractivity contribution in [2.24, 2.45) is 29.1 Å². The fourth-order valence-corrected chi connectivity index (χ4v) is 18.1. The van der Waals surface area contributed by atoms with Crippen molar-refractivity contribution in [1.29, 1.82) is 0 Å². The minimum atomic E-state index is -1.98. The summed E-state index contributed by atoms with van der Waals surface area (Å²) in [5, 5.41) is 12.9. The Labute approximate surface area is 285 Å². The standard InChI is InChI=1S/C41H61NO4Si/c1-23(2)47(24(3)4,25(5)6)46-22-27-18-26-12-15-34-31(36(26)37-30(27)20-33(37)39(7,8)44)21-35-41(10)32(38(45-11)42(34)35)14-13-28-19-29(43)16-17-40(28,41)9/h12,15,19,21,23-25,27,30,32-33,37-38,44H,13-14,16-18,20,22H2,1-11H3/t27-,30-,32?,33+,37+,38?,40+,41-/m1/s1. The van der Waals surface area contributed by atoms with Gasteiger partial charge in [0.15, 0.2) is 14.1 Å². The van der Waals surface area contributed by atoms with Crippen LogP contribution in [0.5, 0.6) is 0 Å². The number of hydrogen-bond donors (Lipinski definition) is 1. The summed E-state index contributed by atoms with van der Waals surface area (Å²) in [6.45, 7) is 24.1. The van der Waals surface area contributed by atoms with Gasteiger partial charge in [-0.05, 0) is 116 Å². The van der Waals surface area contributed by atoms with E-state index in [1.165, 1.54) is 33.3 Å². The third-order valence-corrected chi connectivity index (χ3v) is 21.1. The summed E-state index contributed by atoms with van der Waals surface area (Å²) in [7, 11) is -0.101. The Morgan fingerprint density at radius 2 is 1.74 bits per heavy atom. The number of carbonyl (C=O) groups is 1. The van der Waals surface area contributed by atoms with Gasteiger partial charge in [-0.15, -0.1) is 0 Å². The first-order valence-corrected chi connectivity index (χ1v) is 21.0. The largest absolute Gasteiger partial charge is 0.416 e. The maximum absolute atomic E-state index is 12.6. The molecule has 0 amide bonds. The molecule has 2 aromatic rings. The highest BCUT2D eigenvalue weighted by Gasteiger charge is 2.63. The number of hydrogen-bond acceptors (Lipinski definition) is 4. The number of benzene rings is 1. The number of ketones is 1. The van der Waals surface area contributed by atoms with Crippen LogP contribution in [0.1, 0.15) is 130 Å². The van der Waals surface area contributed by atoms with Gasteiger partial charge in [0.05, 0.1) is 11.1 Å². The molecule has 2 heterocycles. The number of methoxy groups -OCH3 is 1. The van der Waals surface area contributed by atoms with Gasteiger partial charge >= 0.3 is 0 Å². The lowest BCUT2D eigenvalue weighted by molar-refractivity contribution is -0.117. The topological polar surface area (TPSA) is 60.7 Å². The van der Waals surface area contributed by atoms with Crippen molar-refractivity contribution in [1.82, 2.24) is 4.57 Å². The molecule has 2 fully saturated rings. The molecular formula is C41H61NO4Si. The van der Waals surface area contributed by atoms with Crippen molar-refractivity contribution < 1.29 is 19.1 Å². The van der Waals surface area contributed by atoms with E-state index in [2.05, 4.69) is 78.2 Å². The maximum Gasteiger partial charge on any atom is 0.200 e. The Hall–Kier alpha value is -1.73. The number of aromatic nitrogens is 1. The second-order valence-corrected chi connectivity index (χ2v) is 23.7. The van der Waals surface area contributed by atoms with E-state index in [1.807, 2.05) is 27.0 Å². The van der Waals surface area contributed by atoms with Crippen molar-refractivity contribution in [3.63, 3.8) is 0 Å². The van der Waals surface area contributed by atoms with Crippen LogP contribution < -0.4 is 0 Å². The molecule has 6 heteroatoms. The van der Waals surface area contributed by atoms with Gasteiger partial charge in [0.2, 0.25) is 0 Å². The SMILES string of the molecule is COC1C2CCC3=CC(=O)CC[C@]3(C)[C@@]2(C)c2cc3c4c(ccc3n21)C[C@H](CO[Si](C(C)C)(C(C)C)C(C)C)[C@H]1C[C@H](C(C)(C)O)[C@@H]41. The molecule has 258 valence electrons. The Morgan fingerprint density at radius 3 is 2.36 bits per heavy atom. The molecule has 4 aliphatic carbocycles. The highest BCUT2D eigenvalue weighted by molar-refractivity contribution is 6.77. The number of carbonyl (C=O) groups excluding carboxylic acids is 1. The molecule has 1 N–H and O–H groups in total. The van der Waals surface area contributed by atoms with Crippen molar-refractivity contribution in [3.05, 3.63) is 46.7 Å². The molecule has 0 radical (unpaired) electrons. The summed E-state index contributed by atoms with van der Waals surface area (Å²) < 4.78 is 16.2. The predicted octanol–water partition coefficient (Wildman–Crippen LogP) is 9.62. The van der Waals surface area contributed by atoms with Gasteiger partial charge in [-0.2, -0.15) is 0 Å². The predicted molar refractivity (Wildman–Crippen MR) is 193 cm³/mol.